The van der Waals surface area contributed by atoms with E-state index in [2.05, 4.69) is 15.9 Å². The van der Waals surface area contributed by atoms with Gasteiger partial charge in [0.05, 0.1) is 10.0 Å². The molecule has 0 N–H and O–H groups in total. The standard InChI is InChI=1S/C16H11BrO2/c1-10-5-4-6-11(9-10)14(17)15-12-7-2-3-8-13(12)16(18)19-15/h2-9H,1H3. The Morgan fingerprint density at radius 2 is 1.79 bits per heavy atom. The number of rotatable bonds is 1. The molecule has 0 saturated heterocycles. The van der Waals surface area contributed by atoms with Crippen molar-refractivity contribution in [2.75, 3.05) is 0 Å². The monoisotopic (exact) mass is 314 g/mol. The van der Waals surface area contributed by atoms with E-state index in [1.165, 1.54) is 0 Å². The summed E-state index contributed by atoms with van der Waals surface area (Å²) in [4.78, 5) is 11.8. The van der Waals surface area contributed by atoms with Gasteiger partial charge in [0.25, 0.3) is 0 Å². The first kappa shape index (κ1) is 12.2. The van der Waals surface area contributed by atoms with Crippen molar-refractivity contribution in [1.82, 2.24) is 0 Å². The topological polar surface area (TPSA) is 26.3 Å². The number of ether oxygens (including phenoxy) is 1. The molecule has 1 aliphatic rings. The molecule has 0 unspecified atom stereocenters. The molecule has 2 aromatic rings. The van der Waals surface area contributed by atoms with Gasteiger partial charge in [0, 0.05) is 5.56 Å². The van der Waals surface area contributed by atoms with Gasteiger partial charge in [-0.25, -0.2) is 4.79 Å². The Kier molecular flexibility index (Phi) is 2.99. The van der Waals surface area contributed by atoms with Crippen molar-refractivity contribution in [3.63, 3.8) is 0 Å². The van der Waals surface area contributed by atoms with Gasteiger partial charge in [-0.1, -0.05) is 48.0 Å². The van der Waals surface area contributed by atoms with Crippen molar-refractivity contribution in [2.24, 2.45) is 0 Å². The number of cyclic esters (lactones) is 1. The summed E-state index contributed by atoms with van der Waals surface area (Å²) in [5.74, 6) is 0.293. The van der Waals surface area contributed by atoms with E-state index in [9.17, 15) is 4.79 Å². The summed E-state index contributed by atoms with van der Waals surface area (Å²) in [7, 11) is 0. The Labute approximate surface area is 119 Å². The Hall–Kier alpha value is -1.87. The zero-order chi connectivity index (χ0) is 13.4. The normalized spacial score (nSPS) is 16.0. The van der Waals surface area contributed by atoms with E-state index in [4.69, 9.17) is 4.74 Å². The number of hydrogen-bond donors (Lipinski definition) is 0. The van der Waals surface area contributed by atoms with Gasteiger partial charge in [-0.2, -0.15) is 0 Å². The molecule has 0 atom stereocenters. The van der Waals surface area contributed by atoms with Gasteiger partial charge in [0.2, 0.25) is 0 Å². The predicted molar refractivity (Wildman–Crippen MR) is 78.8 cm³/mol. The van der Waals surface area contributed by atoms with E-state index in [0.29, 0.717) is 11.3 Å². The van der Waals surface area contributed by atoms with Gasteiger partial charge < -0.3 is 4.74 Å². The summed E-state index contributed by atoms with van der Waals surface area (Å²) < 4.78 is 6.18. The van der Waals surface area contributed by atoms with Crippen LogP contribution in [-0.2, 0) is 4.74 Å². The van der Waals surface area contributed by atoms with Crippen LogP contribution in [0.5, 0.6) is 0 Å². The van der Waals surface area contributed by atoms with E-state index in [-0.39, 0.29) is 5.97 Å². The van der Waals surface area contributed by atoms with Gasteiger partial charge in [-0.15, -0.1) is 0 Å². The van der Waals surface area contributed by atoms with Crippen LogP contribution in [0.15, 0.2) is 48.5 Å². The third-order valence-electron chi connectivity index (χ3n) is 3.06. The van der Waals surface area contributed by atoms with Crippen molar-refractivity contribution < 1.29 is 9.53 Å². The maximum atomic E-state index is 11.8. The summed E-state index contributed by atoms with van der Waals surface area (Å²) in [6.07, 6.45) is 0. The predicted octanol–water partition coefficient (Wildman–Crippen LogP) is 4.39. The lowest BCUT2D eigenvalue weighted by Gasteiger charge is -2.05. The van der Waals surface area contributed by atoms with Crippen molar-refractivity contribution in [3.8, 4) is 0 Å². The fourth-order valence-corrected chi connectivity index (χ4v) is 2.68. The lowest BCUT2D eigenvalue weighted by molar-refractivity contribution is 0.0717. The summed E-state index contributed by atoms with van der Waals surface area (Å²) in [6, 6.07) is 15.5. The first-order chi connectivity index (χ1) is 9.16. The van der Waals surface area contributed by atoms with E-state index < -0.39 is 0 Å². The van der Waals surface area contributed by atoms with E-state index in [1.807, 2.05) is 49.4 Å². The van der Waals surface area contributed by atoms with Gasteiger partial charge >= 0.3 is 5.97 Å². The number of benzene rings is 2. The lowest BCUT2D eigenvalue weighted by Crippen LogP contribution is -1.92. The Morgan fingerprint density at radius 3 is 2.53 bits per heavy atom. The molecule has 0 spiro atoms. The summed E-state index contributed by atoms with van der Waals surface area (Å²) in [5, 5.41) is 0. The van der Waals surface area contributed by atoms with Gasteiger partial charge in [-0.3, -0.25) is 0 Å². The van der Waals surface area contributed by atoms with Crippen molar-refractivity contribution in [2.45, 2.75) is 6.92 Å². The molecule has 94 valence electrons. The Bertz CT molecular complexity index is 701. The zero-order valence-electron chi connectivity index (χ0n) is 10.3. The molecule has 0 radical (unpaired) electrons. The lowest BCUT2D eigenvalue weighted by atomic mass is 10.1. The smallest absolute Gasteiger partial charge is 0.344 e. The number of carbonyl (C=O) groups excluding carboxylic acids is 1. The number of carbonyl (C=O) groups is 1. The highest BCUT2D eigenvalue weighted by Crippen LogP contribution is 2.38. The highest BCUT2D eigenvalue weighted by molar-refractivity contribution is 9.15. The molecule has 0 aliphatic carbocycles. The number of halogens is 1. The van der Waals surface area contributed by atoms with Crippen LogP contribution in [0.3, 0.4) is 0 Å². The molecule has 3 heteroatoms. The minimum absolute atomic E-state index is 0.296. The molecule has 0 aromatic heterocycles. The molecule has 19 heavy (non-hydrogen) atoms. The molecule has 1 aliphatic heterocycles. The summed E-state index contributed by atoms with van der Waals surface area (Å²) in [6.45, 7) is 2.03. The molecule has 3 rings (SSSR count). The summed E-state index contributed by atoms with van der Waals surface area (Å²) >= 11 is 3.55. The van der Waals surface area contributed by atoms with Crippen LogP contribution in [0.25, 0.3) is 10.2 Å². The fourth-order valence-electron chi connectivity index (χ4n) is 2.14. The molecule has 0 bridgehead atoms. The minimum atomic E-state index is -0.296. The number of aryl methyl sites for hydroxylation is 1. The third kappa shape index (κ3) is 2.10. The molecule has 1 heterocycles. The van der Waals surface area contributed by atoms with Crippen LogP contribution in [0.4, 0.5) is 0 Å². The van der Waals surface area contributed by atoms with Crippen LogP contribution >= 0.6 is 15.9 Å². The van der Waals surface area contributed by atoms with Gasteiger partial charge in [-0.05, 0) is 34.5 Å². The Morgan fingerprint density at radius 1 is 1.05 bits per heavy atom. The quantitative estimate of drug-likeness (QED) is 0.730. The van der Waals surface area contributed by atoms with Crippen molar-refractivity contribution >= 4 is 32.1 Å². The summed E-state index contributed by atoms with van der Waals surface area (Å²) in [5.41, 5.74) is 3.61. The van der Waals surface area contributed by atoms with Crippen LogP contribution in [0.1, 0.15) is 27.0 Å². The van der Waals surface area contributed by atoms with E-state index in [0.717, 1.165) is 21.2 Å². The second-order valence-electron chi connectivity index (χ2n) is 4.45. The van der Waals surface area contributed by atoms with E-state index >= 15 is 0 Å². The Balaban J connectivity index is 2.17. The number of hydrogen-bond acceptors (Lipinski definition) is 2. The molecule has 0 saturated carbocycles. The zero-order valence-corrected chi connectivity index (χ0v) is 11.9. The highest BCUT2D eigenvalue weighted by Gasteiger charge is 2.28. The number of esters is 1. The average molecular weight is 315 g/mol. The molecular formula is C16H11BrO2. The second-order valence-corrected chi connectivity index (χ2v) is 5.24. The highest BCUT2D eigenvalue weighted by atomic mass is 79.9. The van der Waals surface area contributed by atoms with Crippen LogP contribution in [-0.4, -0.2) is 5.97 Å². The number of fused-ring (bicyclic) bond motifs is 1. The van der Waals surface area contributed by atoms with Crippen LogP contribution < -0.4 is 0 Å². The first-order valence-electron chi connectivity index (χ1n) is 5.95. The van der Waals surface area contributed by atoms with Crippen LogP contribution in [0.2, 0.25) is 0 Å². The largest absolute Gasteiger partial charge is 0.421 e. The van der Waals surface area contributed by atoms with E-state index in [1.54, 1.807) is 6.07 Å². The average Bonchev–Trinajstić information content (AvgIpc) is 2.76. The second kappa shape index (κ2) is 4.67. The van der Waals surface area contributed by atoms with Crippen LogP contribution in [0, 0.1) is 6.92 Å². The SMILES string of the molecule is Cc1cccc(C(Br)=C2OC(=O)c3ccccc32)c1. The van der Waals surface area contributed by atoms with Gasteiger partial charge in [0.1, 0.15) is 0 Å². The molecule has 2 nitrogen and oxygen atoms in total. The van der Waals surface area contributed by atoms with Gasteiger partial charge in [0.15, 0.2) is 5.76 Å². The molecular weight excluding hydrogens is 304 g/mol. The molecule has 2 aromatic carbocycles. The first-order valence-corrected chi connectivity index (χ1v) is 6.74. The molecule has 0 fully saturated rings. The maximum absolute atomic E-state index is 11.8. The third-order valence-corrected chi connectivity index (χ3v) is 3.88. The van der Waals surface area contributed by atoms with Crippen molar-refractivity contribution in [1.29, 1.82) is 0 Å². The maximum Gasteiger partial charge on any atom is 0.344 e. The minimum Gasteiger partial charge on any atom is -0.421 e. The molecule has 0 amide bonds. The van der Waals surface area contributed by atoms with Crippen molar-refractivity contribution in [3.05, 3.63) is 70.8 Å². The fraction of sp³-hybridized carbons (Fsp3) is 0.0625.